The van der Waals surface area contributed by atoms with Crippen LogP contribution in [0.4, 0.5) is 5.69 Å². The molecule has 34 heavy (non-hydrogen) atoms. The van der Waals surface area contributed by atoms with Gasteiger partial charge in [-0.1, -0.05) is 63.6 Å². The molecule has 0 saturated carbocycles. The van der Waals surface area contributed by atoms with E-state index in [1.165, 1.54) is 0 Å². The summed E-state index contributed by atoms with van der Waals surface area (Å²) in [5.41, 5.74) is 2.28. The first kappa shape index (κ1) is 23.8. The highest BCUT2D eigenvalue weighted by atomic mass is 32.2. The van der Waals surface area contributed by atoms with Gasteiger partial charge in [-0.25, -0.2) is 13.2 Å². The van der Waals surface area contributed by atoms with Gasteiger partial charge in [0.25, 0.3) is 10.0 Å². The molecule has 0 spiro atoms. The molecule has 1 N–H and O–H groups in total. The number of rotatable bonds is 8. The third-order valence-electron chi connectivity index (χ3n) is 5.91. The summed E-state index contributed by atoms with van der Waals surface area (Å²) in [5.74, 6) is 0.264. The van der Waals surface area contributed by atoms with Gasteiger partial charge < -0.3 is 9.15 Å². The zero-order valence-electron chi connectivity index (χ0n) is 19.8. The molecule has 0 aliphatic rings. The van der Waals surface area contributed by atoms with Crippen LogP contribution < -0.4 is 4.72 Å². The summed E-state index contributed by atoms with van der Waals surface area (Å²) in [7, 11) is -3.86. The second-order valence-corrected chi connectivity index (χ2v) is 10.4. The molecule has 0 fully saturated rings. The summed E-state index contributed by atoms with van der Waals surface area (Å²) in [6, 6.07) is 15.9. The van der Waals surface area contributed by atoms with Crippen LogP contribution in [0.15, 0.2) is 63.9 Å². The summed E-state index contributed by atoms with van der Waals surface area (Å²) in [6.07, 6.45) is 1.68. The van der Waals surface area contributed by atoms with Gasteiger partial charge in [-0.2, -0.15) is 0 Å². The monoisotopic (exact) mass is 479 g/mol. The summed E-state index contributed by atoms with van der Waals surface area (Å²) >= 11 is 0. The molecular formula is C27H29NO5S. The zero-order valence-corrected chi connectivity index (χ0v) is 20.7. The van der Waals surface area contributed by atoms with Crippen LogP contribution in [0.5, 0.6) is 0 Å². The second kappa shape index (κ2) is 9.50. The Hall–Kier alpha value is -3.32. The van der Waals surface area contributed by atoms with E-state index >= 15 is 0 Å². The van der Waals surface area contributed by atoms with E-state index in [-0.39, 0.29) is 4.90 Å². The van der Waals surface area contributed by atoms with Crippen molar-refractivity contribution >= 4 is 43.4 Å². The first-order chi connectivity index (χ1) is 16.2. The fourth-order valence-corrected chi connectivity index (χ4v) is 5.06. The third-order valence-corrected chi connectivity index (χ3v) is 7.29. The van der Waals surface area contributed by atoms with Crippen molar-refractivity contribution in [3.8, 4) is 0 Å². The van der Waals surface area contributed by atoms with Crippen LogP contribution in [0.1, 0.15) is 61.2 Å². The van der Waals surface area contributed by atoms with Crippen molar-refractivity contribution in [2.75, 3.05) is 11.3 Å². The Morgan fingerprint density at radius 3 is 2.35 bits per heavy atom. The Morgan fingerprint density at radius 2 is 1.71 bits per heavy atom. The normalized spacial score (nSPS) is 11.9. The SMILES string of the molecule is CCCCOC(=O)c1c(C)oc2c1cc(NS(=O)(=O)c1ccc(C(C)C)cc1)c1ccccc12. The standard InChI is InChI=1S/C27H29NO5S/c1-5-6-15-32-27(29)25-18(4)33-26-22-10-8-7-9-21(22)24(16-23(25)26)28-34(30,31)20-13-11-19(12-14-20)17(2)3/h7-14,16-17,28H,5-6,15H2,1-4H3. The van der Waals surface area contributed by atoms with E-state index in [0.29, 0.717) is 51.3 Å². The lowest BCUT2D eigenvalue weighted by atomic mass is 10.0. The van der Waals surface area contributed by atoms with Crippen molar-refractivity contribution in [1.29, 1.82) is 0 Å². The number of hydrogen-bond acceptors (Lipinski definition) is 5. The number of hydrogen-bond donors (Lipinski definition) is 1. The summed E-state index contributed by atoms with van der Waals surface area (Å²) in [5, 5.41) is 1.91. The summed E-state index contributed by atoms with van der Waals surface area (Å²) < 4.78 is 40.6. The lowest BCUT2D eigenvalue weighted by Crippen LogP contribution is -2.13. The first-order valence-corrected chi connectivity index (χ1v) is 13.0. The van der Waals surface area contributed by atoms with Crippen LogP contribution >= 0.6 is 0 Å². The molecule has 0 saturated heterocycles. The Morgan fingerprint density at radius 1 is 1.03 bits per heavy atom. The molecule has 0 aliphatic carbocycles. The number of furan rings is 1. The predicted octanol–water partition coefficient (Wildman–Crippen LogP) is 6.78. The maximum atomic E-state index is 13.2. The fraction of sp³-hybridized carbons (Fsp3) is 0.296. The molecule has 7 heteroatoms. The molecule has 6 nitrogen and oxygen atoms in total. The maximum absolute atomic E-state index is 13.2. The number of unbranched alkanes of at least 4 members (excludes halogenated alkanes) is 1. The lowest BCUT2D eigenvalue weighted by molar-refractivity contribution is 0.0500. The Balaban J connectivity index is 1.81. The number of sulfonamides is 1. The van der Waals surface area contributed by atoms with Crippen molar-refractivity contribution < 1.29 is 22.4 Å². The van der Waals surface area contributed by atoms with Crippen LogP contribution in [0.2, 0.25) is 0 Å². The van der Waals surface area contributed by atoms with Gasteiger partial charge >= 0.3 is 5.97 Å². The van der Waals surface area contributed by atoms with Crippen molar-refractivity contribution in [3.63, 3.8) is 0 Å². The fourth-order valence-electron chi connectivity index (χ4n) is 3.99. The molecule has 3 aromatic carbocycles. The molecule has 0 radical (unpaired) electrons. The molecule has 4 aromatic rings. The van der Waals surface area contributed by atoms with E-state index in [0.717, 1.165) is 18.4 Å². The molecule has 178 valence electrons. The number of esters is 1. The minimum Gasteiger partial charge on any atom is -0.462 e. The highest BCUT2D eigenvalue weighted by molar-refractivity contribution is 7.92. The van der Waals surface area contributed by atoms with Gasteiger partial charge in [0, 0.05) is 16.2 Å². The van der Waals surface area contributed by atoms with Crippen molar-refractivity contribution in [1.82, 2.24) is 0 Å². The van der Waals surface area contributed by atoms with Gasteiger partial charge in [-0.3, -0.25) is 4.72 Å². The average molecular weight is 480 g/mol. The van der Waals surface area contributed by atoms with E-state index in [2.05, 4.69) is 18.6 Å². The lowest BCUT2D eigenvalue weighted by Gasteiger charge is -2.13. The van der Waals surface area contributed by atoms with Gasteiger partial charge in [0.15, 0.2) is 0 Å². The highest BCUT2D eigenvalue weighted by Crippen LogP contribution is 2.37. The van der Waals surface area contributed by atoms with Crippen molar-refractivity contribution in [3.05, 3.63) is 71.5 Å². The van der Waals surface area contributed by atoms with Crippen molar-refractivity contribution in [2.24, 2.45) is 0 Å². The quantitative estimate of drug-likeness (QED) is 0.222. The van der Waals surface area contributed by atoms with Crippen LogP contribution in [-0.2, 0) is 14.8 Å². The number of carbonyl (C=O) groups is 1. The maximum Gasteiger partial charge on any atom is 0.342 e. The molecule has 0 amide bonds. The Labute approximate surface area is 200 Å². The zero-order chi connectivity index (χ0) is 24.5. The largest absolute Gasteiger partial charge is 0.462 e. The number of nitrogens with one attached hydrogen (secondary N) is 1. The number of aryl methyl sites for hydroxylation is 1. The van der Waals surface area contributed by atoms with Gasteiger partial charge in [0.1, 0.15) is 16.9 Å². The van der Waals surface area contributed by atoms with E-state index in [9.17, 15) is 13.2 Å². The van der Waals surface area contributed by atoms with Crippen LogP contribution in [0.25, 0.3) is 21.7 Å². The van der Waals surface area contributed by atoms with Crippen LogP contribution in [0.3, 0.4) is 0 Å². The molecule has 0 unspecified atom stereocenters. The highest BCUT2D eigenvalue weighted by Gasteiger charge is 2.24. The topological polar surface area (TPSA) is 85.6 Å². The summed E-state index contributed by atoms with van der Waals surface area (Å²) in [4.78, 5) is 13.0. The first-order valence-electron chi connectivity index (χ1n) is 11.5. The van der Waals surface area contributed by atoms with E-state index in [1.807, 2.05) is 43.3 Å². The van der Waals surface area contributed by atoms with Crippen LogP contribution in [0, 0.1) is 6.92 Å². The minimum absolute atomic E-state index is 0.170. The molecule has 1 heterocycles. The number of anilines is 1. The molecule has 1 aromatic heterocycles. The summed E-state index contributed by atoms with van der Waals surface area (Å²) in [6.45, 7) is 8.17. The number of ether oxygens (including phenoxy) is 1. The van der Waals surface area contributed by atoms with Gasteiger partial charge in [0.05, 0.1) is 17.2 Å². The Bertz CT molecular complexity index is 1450. The van der Waals surface area contributed by atoms with Gasteiger partial charge in [0.2, 0.25) is 0 Å². The third kappa shape index (κ3) is 4.53. The minimum atomic E-state index is -3.86. The number of carbonyl (C=O) groups excluding carboxylic acids is 1. The average Bonchev–Trinajstić information content (AvgIpc) is 3.15. The smallest absolute Gasteiger partial charge is 0.342 e. The van der Waals surface area contributed by atoms with Gasteiger partial charge in [-0.15, -0.1) is 0 Å². The molecule has 0 atom stereocenters. The van der Waals surface area contributed by atoms with E-state index < -0.39 is 16.0 Å². The van der Waals surface area contributed by atoms with Crippen LogP contribution in [-0.4, -0.2) is 21.0 Å². The molecule has 0 aliphatic heterocycles. The Kier molecular flexibility index (Phi) is 6.66. The number of fused-ring (bicyclic) bond motifs is 3. The number of benzene rings is 3. The predicted molar refractivity (Wildman–Crippen MR) is 135 cm³/mol. The van der Waals surface area contributed by atoms with Gasteiger partial charge in [-0.05, 0) is 43.0 Å². The second-order valence-electron chi connectivity index (χ2n) is 8.70. The molecule has 0 bridgehead atoms. The van der Waals surface area contributed by atoms with Crippen molar-refractivity contribution in [2.45, 2.75) is 51.3 Å². The molecule has 4 rings (SSSR count). The van der Waals surface area contributed by atoms with E-state index in [1.54, 1.807) is 25.1 Å². The molecular weight excluding hydrogens is 450 g/mol. The van der Waals surface area contributed by atoms with E-state index in [4.69, 9.17) is 9.15 Å².